The summed E-state index contributed by atoms with van der Waals surface area (Å²) in [7, 11) is 0. The molecule has 0 bridgehead atoms. The Kier molecular flexibility index (Phi) is 3.77. The molecule has 0 aliphatic carbocycles. The van der Waals surface area contributed by atoms with Crippen LogP contribution in [0.1, 0.15) is 38.2 Å². The number of thiol groups is 1. The highest BCUT2D eigenvalue weighted by Crippen LogP contribution is 2.40. The number of rotatable bonds is 2. The van der Waals surface area contributed by atoms with Gasteiger partial charge in [0.15, 0.2) is 0 Å². The molecule has 1 saturated heterocycles. The van der Waals surface area contributed by atoms with Crippen LogP contribution in [0.4, 0.5) is 4.79 Å². The van der Waals surface area contributed by atoms with E-state index in [1.807, 2.05) is 23.1 Å². The number of amides is 1. The Balaban J connectivity index is 2.43. The smallest absolute Gasteiger partial charge is 0.279 e. The molecule has 0 saturated carbocycles. The summed E-state index contributed by atoms with van der Waals surface area (Å²) in [6.45, 7) is 2.98. The minimum Gasteiger partial charge on any atom is -0.324 e. The van der Waals surface area contributed by atoms with Crippen molar-refractivity contribution in [2.24, 2.45) is 0 Å². The molecule has 1 aromatic rings. The third kappa shape index (κ3) is 2.21. The number of piperidine rings is 1. The average molecular weight is 249 g/mol. The van der Waals surface area contributed by atoms with Gasteiger partial charge in [0.25, 0.3) is 5.24 Å². The van der Waals surface area contributed by atoms with E-state index in [2.05, 4.69) is 31.7 Å². The number of carbonyl (C=O) groups is 1. The second kappa shape index (κ2) is 5.13. The Bertz CT molecular complexity index is 392. The molecule has 1 atom stereocenters. The second-order valence-electron chi connectivity index (χ2n) is 4.64. The van der Waals surface area contributed by atoms with Crippen LogP contribution in [0.2, 0.25) is 0 Å². The standard InChI is InChI=1S/C14H19NOS/c1-2-14(12-8-4-3-5-9-12)10-6-7-11-15(14)13(16)17/h3-5,8-9H,2,6-7,10-11H2,1H3,(H,16,17). The molecule has 92 valence electrons. The summed E-state index contributed by atoms with van der Waals surface area (Å²) in [5.74, 6) is 0. The van der Waals surface area contributed by atoms with E-state index >= 15 is 0 Å². The Morgan fingerprint density at radius 2 is 2.06 bits per heavy atom. The van der Waals surface area contributed by atoms with Crippen molar-refractivity contribution in [3.05, 3.63) is 35.9 Å². The van der Waals surface area contributed by atoms with Gasteiger partial charge in [-0.05, 0) is 31.2 Å². The molecule has 0 N–H and O–H groups in total. The predicted octanol–water partition coefficient (Wildman–Crippen LogP) is 3.83. The topological polar surface area (TPSA) is 20.3 Å². The highest BCUT2D eigenvalue weighted by atomic mass is 32.1. The first-order chi connectivity index (χ1) is 8.20. The van der Waals surface area contributed by atoms with Crippen LogP contribution in [0.15, 0.2) is 30.3 Å². The largest absolute Gasteiger partial charge is 0.324 e. The van der Waals surface area contributed by atoms with Gasteiger partial charge in [-0.3, -0.25) is 4.79 Å². The van der Waals surface area contributed by atoms with E-state index in [0.29, 0.717) is 0 Å². The third-order valence-electron chi connectivity index (χ3n) is 3.87. The quantitative estimate of drug-likeness (QED) is 0.790. The molecule has 3 heteroatoms. The van der Waals surface area contributed by atoms with Crippen LogP contribution in [0.5, 0.6) is 0 Å². The molecule has 0 spiro atoms. The second-order valence-corrected chi connectivity index (χ2v) is 5.03. The summed E-state index contributed by atoms with van der Waals surface area (Å²) in [5.41, 5.74) is 1.10. The number of carbonyl (C=O) groups excluding carboxylic acids is 1. The van der Waals surface area contributed by atoms with Gasteiger partial charge in [0.05, 0.1) is 5.54 Å². The lowest BCUT2D eigenvalue weighted by Crippen LogP contribution is -2.50. The fourth-order valence-corrected chi connectivity index (χ4v) is 3.23. The molecule has 0 aromatic heterocycles. The minimum absolute atomic E-state index is 0.101. The van der Waals surface area contributed by atoms with Gasteiger partial charge in [-0.2, -0.15) is 0 Å². The van der Waals surface area contributed by atoms with Gasteiger partial charge in [0, 0.05) is 6.54 Å². The number of benzene rings is 1. The van der Waals surface area contributed by atoms with Crippen LogP contribution in [0.25, 0.3) is 0 Å². The maximum Gasteiger partial charge on any atom is 0.279 e. The van der Waals surface area contributed by atoms with Gasteiger partial charge in [0.1, 0.15) is 0 Å². The molecule has 17 heavy (non-hydrogen) atoms. The predicted molar refractivity (Wildman–Crippen MR) is 73.4 cm³/mol. The summed E-state index contributed by atoms with van der Waals surface area (Å²) >= 11 is 4.05. The van der Waals surface area contributed by atoms with Crippen LogP contribution in [-0.2, 0) is 5.54 Å². The van der Waals surface area contributed by atoms with Gasteiger partial charge in [-0.1, -0.05) is 49.9 Å². The summed E-state index contributed by atoms with van der Waals surface area (Å²) in [5, 5.41) is -0.101. The summed E-state index contributed by atoms with van der Waals surface area (Å²) in [4.78, 5) is 13.7. The van der Waals surface area contributed by atoms with Gasteiger partial charge in [0.2, 0.25) is 0 Å². The van der Waals surface area contributed by atoms with Gasteiger partial charge >= 0.3 is 0 Å². The Morgan fingerprint density at radius 1 is 1.35 bits per heavy atom. The van der Waals surface area contributed by atoms with Crippen molar-refractivity contribution in [1.82, 2.24) is 4.90 Å². The number of hydrogen-bond donors (Lipinski definition) is 1. The maximum absolute atomic E-state index is 11.7. The molecule has 1 amide bonds. The van der Waals surface area contributed by atoms with Gasteiger partial charge in [-0.25, -0.2) is 0 Å². The van der Waals surface area contributed by atoms with E-state index in [1.54, 1.807) is 0 Å². The molecule has 1 heterocycles. The lowest BCUT2D eigenvalue weighted by atomic mass is 9.78. The first kappa shape index (κ1) is 12.5. The normalized spacial score (nSPS) is 24.7. The Hall–Kier alpha value is -0.960. The van der Waals surface area contributed by atoms with Crippen LogP contribution in [-0.4, -0.2) is 16.7 Å². The zero-order valence-corrected chi connectivity index (χ0v) is 11.1. The SMILES string of the molecule is CCC1(c2ccccc2)CCCCN1C(=O)S. The molecule has 2 nitrogen and oxygen atoms in total. The highest BCUT2D eigenvalue weighted by molar-refractivity contribution is 7.96. The highest BCUT2D eigenvalue weighted by Gasteiger charge is 2.40. The van der Waals surface area contributed by atoms with Crippen LogP contribution < -0.4 is 0 Å². The molecule has 1 fully saturated rings. The zero-order chi connectivity index (χ0) is 12.3. The van der Waals surface area contributed by atoms with Crippen LogP contribution >= 0.6 is 12.6 Å². The number of nitrogens with zero attached hydrogens (tertiary/aromatic N) is 1. The molecular weight excluding hydrogens is 230 g/mol. The molecule has 1 aliphatic heterocycles. The van der Waals surface area contributed by atoms with Gasteiger partial charge < -0.3 is 4.90 Å². The number of hydrogen-bond acceptors (Lipinski definition) is 1. The number of likely N-dealkylation sites (tertiary alicyclic amines) is 1. The molecule has 1 aromatic carbocycles. The average Bonchev–Trinajstić information content (AvgIpc) is 2.39. The van der Waals surface area contributed by atoms with E-state index in [1.165, 1.54) is 12.0 Å². The summed E-state index contributed by atoms with van der Waals surface area (Å²) in [6.07, 6.45) is 4.25. The molecule has 0 radical (unpaired) electrons. The fourth-order valence-electron chi connectivity index (χ4n) is 2.94. The Morgan fingerprint density at radius 3 is 2.65 bits per heavy atom. The van der Waals surface area contributed by atoms with E-state index in [-0.39, 0.29) is 10.8 Å². The summed E-state index contributed by atoms with van der Waals surface area (Å²) in [6, 6.07) is 10.4. The first-order valence-corrected chi connectivity index (χ1v) is 6.71. The minimum atomic E-state index is -0.141. The van der Waals surface area contributed by atoms with Crippen LogP contribution in [0, 0.1) is 0 Å². The lowest BCUT2D eigenvalue weighted by Gasteiger charge is -2.46. The molecule has 1 unspecified atom stereocenters. The van der Waals surface area contributed by atoms with Crippen LogP contribution in [0.3, 0.4) is 0 Å². The molecule has 2 rings (SSSR count). The van der Waals surface area contributed by atoms with E-state index in [0.717, 1.165) is 25.8 Å². The van der Waals surface area contributed by atoms with Crippen molar-refractivity contribution in [3.63, 3.8) is 0 Å². The molecular formula is C14H19NOS. The maximum atomic E-state index is 11.7. The first-order valence-electron chi connectivity index (χ1n) is 6.27. The van der Waals surface area contributed by atoms with E-state index < -0.39 is 0 Å². The fraction of sp³-hybridized carbons (Fsp3) is 0.500. The lowest BCUT2D eigenvalue weighted by molar-refractivity contribution is 0.0850. The molecule has 1 aliphatic rings. The monoisotopic (exact) mass is 249 g/mol. The van der Waals surface area contributed by atoms with E-state index in [4.69, 9.17) is 0 Å². The van der Waals surface area contributed by atoms with Gasteiger partial charge in [-0.15, -0.1) is 0 Å². The third-order valence-corrected chi connectivity index (χ3v) is 4.11. The van der Waals surface area contributed by atoms with Crippen molar-refractivity contribution in [2.45, 2.75) is 38.1 Å². The zero-order valence-electron chi connectivity index (χ0n) is 10.2. The van der Waals surface area contributed by atoms with E-state index in [9.17, 15) is 4.79 Å². The van der Waals surface area contributed by atoms with Crippen molar-refractivity contribution in [2.75, 3.05) is 6.54 Å². The summed E-state index contributed by atoms with van der Waals surface area (Å²) < 4.78 is 0. The van der Waals surface area contributed by atoms with Crippen molar-refractivity contribution in [1.29, 1.82) is 0 Å². The Labute approximate surface area is 108 Å². The van der Waals surface area contributed by atoms with Crippen molar-refractivity contribution in [3.8, 4) is 0 Å². The van der Waals surface area contributed by atoms with Crippen molar-refractivity contribution < 1.29 is 4.79 Å². The van der Waals surface area contributed by atoms with Crippen molar-refractivity contribution >= 4 is 17.9 Å².